The fourth-order valence-electron chi connectivity index (χ4n) is 3.46. The van der Waals surface area contributed by atoms with Crippen molar-refractivity contribution in [2.75, 3.05) is 13.4 Å². The molecule has 1 aromatic heterocycles. The van der Waals surface area contributed by atoms with E-state index >= 15 is 0 Å². The minimum atomic E-state index is -1.12. The smallest absolute Gasteiger partial charge is 0.315 e. The summed E-state index contributed by atoms with van der Waals surface area (Å²) in [5.74, 6) is 0.510. The van der Waals surface area contributed by atoms with Crippen LogP contribution in [0, 0.1) is 19.3 Å². The SMILES string of the molecule is Cc1cc(C(=O)COC(=O)[C@@]2(C)CC2(Cl)Cl)c(C)n1-c1ccc2c(c1)OCO2. The van der Waals surface area contributed by atoms with Gasteiger partial charge in [-0.15, -0.1) is 23.2 Å². The Bertz CT molecular complexity index is 997. The zero-order valence-corrected chi connectivity index (χ0v) is 17.2. The van der Waals surface area contributed by atoms with Crippen molar-refractivity contribution < 1.29 is 23.8 Å². The van der Waals surface area contributed by atoms with Crippen molar-refractivity contribution in [1.82, 2.24) is 4.57 Å². The molecule has 0 amide bonds. The zero-order valence-electron chi connectivity index (χ0n) is 15.7. The molecule has 0 saturated heterocycles. The molecule has 6 nitrogen and oxygen atoms in total. The van der Waals surface area contributed by atoms with Gasteiger partial charge in [0, 0.05) is 35.1 Å². The van der Waals surface area contributed by atoms with E-state index < -0.39 is 15.7 Å². The number of hydrogen-bond donors (Lipinski definition) is 0. The van der Waals surface area contributed by atoms with Crippen LogP contribution in [0.3, 0.4) is 0 Å². The largest absolute Gasteiger partial charge is 0.457 e. The van der Waals surface area contributed by atoms with Crippen LogP contribution in [0.25, 0.3) is 5.69 Å². The zero-order chi connectivity index (χ0) is 20.3. The van der Waals surface area contributed by atoms with E-state index in [0.717, 1.165) is 17.1 Å². The van der Waals surface area contributed by atoms with Crippen LogP contribution < -0.4 is 9.47 Å². The number of esters is 1. The van der Waals surface area contributed by atoms with E-state index in [-0.39, 0.29) is 19.2 Å². The number of hydrogen-bond acceptors (Lipinski definition) is 5. The Hall–Kier alpha value is -2.18. The molecule has 0 bridgehead atoms. The van der Waals surface area contributed by atoms with Gasteiger partial charge in [0.05, 0.1) is 0 Å². The summed E-state index contributed by atoms with van der Waals surface area (Å²) in [6.45, 7) is 5.22. The molecule has 2 heterocycles. The lowest BCUT2D eigenvalue weighted by molar-refractivity contribution is -0.148. The van der Waals surface area contributed by atoms with Gasteiger partial charge in [-0.05, 0) is 39.0 Å². The number of nitrogens with zero attached hydrogens (tertiary/aromatic N) is 1. The predicted octanol–water partition coefficient (Wildman–Crippen LogP) is 4.13. The summed E-state index contributed by atoms with van der Waals surface area (Å²) >= 11 is 12.0. The molecule has 4 rings (SSSR count). The lowest BCUT2D eigenvalue weighted by atomic mass is 10.1. The standard InChI is InChI=1S/C20H19Cl2NO5/c1-11-6-14(15(24)8-26-18(25)19(3)9-20(19,21)22)12(2)23(11)13-4-5-16-17(7-13)28-10-27-16/h4-7H,8-10H2,1-3H3/t19-/m1/s1. The summed E-state index contributed by atoms with van der Waals surface area (Å²) < 4.78 is 16.8. The summed E-state index contributed by atoms with van der Waals surface area (Å²) in [4.78, 5) is 24.9. The van der Waals surface area contributed by atoms with Crippen molar-refractivity contribution in [2.45, 2.75) is 31.5 Å². The Kier molecular flexibility index (Phi) is 4.39. The molecule has 0 spiro atoms. The average Bonchev–Trinajstić information content (AvgIpc) is 2.98. The van der Waals surface area contributed by atoms with Crippen LogP contribution in [0.2, 0.25) is 0 Å². The second-order valence-electron chi connectivity index (χ2n) is 7.37. The summed E-state index contributed by atoms with van der Waals surface area (Å²) in [5, 5.41) is 0. The third-order valence-electron chi connectivity index (χ3n) is 5.39. The van der Waals surface area contributed by atoms with Crippen LogP contribution in [-0.4, -0.2) is 34.1 Å². The van der Waals surface area contributed by atoms with Crippen LogP contribution in [0.1, 0.15) is 35.1 Å². The Morgan fingerprint density at radius 1 is 1.18 bits per heavy atom. The molecule has 0 radical (unpaired) electrons. The molecule has 2 aliphatic rings. The van der Waals surface area contributed by atoms with Crippen LogP contribution >= 0.6 is 23.2 Å². The van der Waals surface area contributed by atoms with E-state index in [9.17, 15) is 9.59 Å². The number of aryl methyl sites for hydroxylation is 1. The number of carbonyl (C=O) groups excluding carboxylic acids is 2. The topological polar surface area (TPSA) is 66.8 Å². The Labute approximate surface area is 172 Å². The molecule has 1 saturated carbocycles. The normalized spacial score (nSPS) is 21.5. The van der Waals surface area contributed by atoms with E-state index in [1.807, 2.05) is 36.6 Å². The molecule has 148 valence electrons. The van der Waals surface area contributed by atoms with E-state index in [1.165, 1.54) is 0 Å². The van der Waals surface area contributed by atoms with Gasteiger partial charge in [0.25, 0.3) is 0 Å². The third kappa shape index (κ3) is 2.95. The van der Waals surface area contributed by atoms with Crippen molar-refractivity contribution in [3.63, 3.8) is 0 Å². The van der Waals surface area contributed by atoms with Crippen LogP contribution in [0.5, 0.6) is 11.5 Å². The number of Topliss-reactive ketones (excluding diaryl/α,β-unsaturated/α-hetero) is 1. The summed E-state index contributed by atoms with van der Waals surface area (Å²) in [5.41, 5.74) is 2.02. The number of fused-ring (bicyclic) bond motifs is 1. The minimum Gasteiger partial charge on any atom is -0.457 e. The summed E-state index contributed by atoms with van der Waals surface area (Å²) in [7, 11) is 0. The number of aromatic nitrogens is 1. The van der Waals surface area contributed by atoms with Crippen LogP contribution in [0.15, 0.2) is 24.3 Å². The lowest BCUT2D eigenvalue weighted by Crippen LogP contribution is -2.24. The van der Waals surface area contributed by atoms with E-state index in [0.29, 0.717) is 23.5 Å². The Morgan fingerprint density at radius 2 is 1.86 bits per heavy atom. The maximum absolute atomic E-state index is 12.7. The van der Waals surface area contributed by atoms with E-state index in [1.54, 1.807) is 13.0 Å². The number of carbonyl (C=O) groups is 2. The molecule has 1 aliphatic carbocycles. The van der Waals surface area contributed by atoms with Crippen molar-refractivity contribution >= 4 is 35.0 Å². The molecule has 0 unspecified atom stereocenters. The van der Waals surface area contributed by atoms with Gasteiger partial charge in [-0.2, -0.15) is 0 Å². The molecule has 1 atom stereocenters. The van der Waals surface area contributed by atoms with Gasteiger partial charge in [-0.1, -0.05) is 0 Å². The number of ketones is 1. The molecule has 1 aromatic carbocycles. The predicted molar refractivity (Wildman–Crippen MR) is 104 cm³/mol. The van der Waals surface area contributed by atoms with Gasteiger partial charge >= 0.3 is 5.97 Å². The average molecular weight is 424 g/mol. The van der Waals surface area contributed by atoms with E-state index in [2.05, 4.69) is 0 Å². The maximum Gasteiger partial charge on any atom is 0.315 e. The molecule has 2 aromatic rings. The van der Waals surface area contributed by atoms with Gasteiger partial charge in [-0.25, -0.2) is 0 Å². The van der Waals surface area contributed by atoms with Gasteiger partial charge in [0.15, 0.2) is 18.1 Å². The lowest BCUT2D eigenvalue weighted by Gasteiger charge is -2.12. The second-order valence-corrected chi connectivity index (χ2v) is 8.85. The van der Waals surface area contributed by atoms with Crippen LogP contribution in [-0.2, 0) is 9.53 Å². The first-order chi connectivity index (χ1) is 13.1. The third-order valence-corrected chi connectivity index (χ3v) is 6.49. The summed E-state index contributed by atoms with van der Waals surface area (Å²) in [6.07, 6.45) is 0.314. The molecular formula is C20H19Cl2NO5. The fourth-order valence-corrected chi connectivity index (χ4v) is 4.15. The number of benzene rings is 1. The number of alkyl halides is 2. The first-order valence-electron chi connectivity index (χ1n) is 8.81. The number of ether oxygens (including phenoxy) is 3. The van der Waals surface area contributed by atoms with Crippen LogP contribution in [0.4, 0.5) is 0 Å². The summed E-state index contributed by atoms with van der Waals surface area (Å²) in [6, 6.07) is 7.38. The Morgan fingerprint density at radius 3 is 2.54 bits per heavy atom. The second kappa shape index (κ2) is 6.42. The fraction of sp³-hybridized carbons (Fsp3) is 0.400. The molecule has 1 fully saturated rings. The highest BCUT2D eigenvalue weighted by Gasteiger charge is 2.69. The van der Waals surface area contributed by atoms with Crippen molar-refractivity contribution in [3.8, 4) is 17.2 Å². The van der Waals surface area contributed by atoms with Gasteiger partial charge in [0.1, 0.15) is 9.75 Å². The van der Waals surface area contributed by atoms with E-state index in [4.69, 9.17) is 37.4 Å². The van der Waals surface area contributed by atoms with Crippen molar-refractivity contribution in [1.29, 1.82) is 0 Å². The molecule has 0 N–H and O–H groups in total. The highest BCUT2D eigenvalue weighted by molar-refractivity contribution is 6.53. The molecule has 28 heavy (non-hydrogen) atoms. The highest BCUT2D eigenvalue weighted by Crippen LogP contribution is 2.64. The van der Waals surface area contributed by atoms with Crippen molar-refractivity contribution in [3.05, 3.63) is 41.2 Å². The molecular weight excluding hydrogens is 405 g/mol. The highest BCUT2D eigenvalue weighted by atomic mass is 35.5. The number of halogens is 2. The first kappa shape index (κ1) is 19.2. The Balaban J connectivity index is 1.52. The quantitative estimate of drug-likeness (QED) is 0.410. The monoisotopic (exact) mass is 423 g/mol. The maximum atomic E-state index is 12.7. The van der Waals surface area contributed by atoms with Crippen molar-refractivity contribution in [2.24, 2.45) is 5.41 Å². The van der Waals surface area contributed by atoms with Gasteiger partial charge in [0.2, 0.25) is 12.6 Å². The minimum absolute atomic E-state index is 0.197. The molecule has 1 aliphatic heterocycles. The number of rotatable bonds is 5. The van der Waals surface area contributed by atoms with Gasteiger partial charge < -0.3 is 18.8 Å². The van der Waals surface area contributed by atoms with Gasteiger partial charge in [-0.3, -0.25) is 9.59 Å². The molecule has 8 heteroatoms. The first-order valence-corrected chi connectivity index (χ1v) is 9.57.